The van der Waals surface area contributed by atoms with Crippen molar-refractivity contribution in [3.05, 3.63) is 70.6 Å². The molecule has 5 heteroatoms. The van der Waals surface area contributed by atoms with Crippen molar-refractivity contribution in [1.82, 2.24) is 4.98 Å². The van der Waals surface area contributed by atoms with E-state index < -0.39 is 0 Å². The third kappa shape index (κ3) is 3.01. The molecule has 1 aromatic heterocycles. The van der Waals surface area contributed by atoms with Crippen molar-refractivity contribution in [2.24, 2.45) is 0 Å². The molecule has 3 nitrogen and oxygen atoms in total. The highest BCUT2D eigenvalue weighted by Crippen LogP contribution is 2.30. The highest BCUT2D eigenvalue weighted by molar-refractivity contribution is 9.10. The number of benzene rings is 2. The Balaban J connectivity index is 1.67. The quantitative estimate of drug-likeness (QED) is 0.637. The largest absolute Gasteiger partial charge is 0.370 e. The van der Waals surface area contributed by atoms with Gasteiger partial charge >= 0.3 is 0 Å². The molecule has 0 radical (unpaired) electrons. The number of rotatable bonds is 2. The lowest BCUT2D eigenvalue weighted by molar-refractivity contribution is 0.0396. The minimum atomic E-state index is -0.241. The minimum absolute atomic E-state index is 0.0162. The maximum absolute atomic E-state index is 13.7. The molecule has 0 aliphatic carbocycles. The van der Waals surface area contributed by atoms with Crippen LogP contribution in [0.1, 0.15) is 11.7 Å². The molecular formula is C19H16BrFN2O. The lowest BCUT2D eigenvalue weighted by atomic mass is 10.1. The first-order valence-corrected chi connectivity index (χ1v) is 8.66. The summed E-state index contributed by atoms with van der Waals surface area (Å²) >= 11 is 3.46. The molecule has 122 valence electrons. The zero-order chi connectivity index (χ0) is 16.5. The van der Waals surface area contributed by atoms with Crippen LogP contribution in [-0.4, -0.2) is 24.7 Å². The fraction of sp³-hybridized carbons (Fsp3) is 0.211. The maximum atomic E-state index is 13.7. The number of morpholine rings is 1. The van der Waals surface area contributed by atoms with Gasteiger partial charge in [0.2, 0.25) is 0 Å². The van der Waals surface area contributed by atoms with Crippen LogP contribution in [0.3, 0.4) is 0 Å². The monoisotopic (exact) mass is 386 g/mol. The Morgan fingerprint density at radius 2 is 1.96 bits per heavy atom. The van der Waals surface area contributed by atoms with Crippen molar-refractivity contribution < 1.29 is 9.13 Å². The van der Waals surface area contributed by atoms with Gasteiger partial charge in [-0.25, -0.2) is 9.37 Å². The van der Waals surface area contributed by atoms with Crippen LogP contribution in [-0.2, 0) is 4.74 Å². The molecule has 24 heavy (non-hydrogen) atoms. The van der Waals surface area contributed by atoms with E-state index in [1.54, 1.807) is 18.3 Å². The summed E-state index contributed by atoms with van der Waals surface area (Å²) in [5, 5.41) is 1.84. The molecule has 2 aromatic carbocycles. The molecule has 1 aliphatic rings. The average molecular weight is 387 g/mol. The standard InChI is InChI=1S/C19H16BrFN2O/c20-15-4-1-14(2-5-15)18-12-23(9-10-24-18)19-17-11-16(21)6-3-13(17)7-8-22-19/h1-8,11,18H,9-10,12H2. The molecule has 0 saturated carbocycles. The number of anilines is 1. The number of hydrogen-bond donors (Lipinski definition) is 0. The van der Waals surface area contributed by atoms with E-state index in [1.807, 2.05) is 18.2 Å². The highest BCUT2D eigenvalue weighted by Gasteiger charge is 2.24. The van der Waals surface area contributed by atoms with Crippen LogP contribution in [0, 0.1) is 5.82 Å². The smallest absolute Gasteiger partial charge is 0.136 e. The molecule has 1 saturated heterocycles. The number of aromatic nitrogens is 1. The van der Waals surface area contributed by atoms with Crippen LogP contribution in [0.5, 0.6) is 0 Å². The summed E-state index contributed by atoms with van der Waals surface area (Å²) in [6.45, 7) is 2.06. The van der Waals surface area contributed by atoms with Crippen molar-refractivity contribution in [2.45, 2.75) is 6.10 Å². The van der Waals surface area contributed by atoms with E-state index in [4.69, 9.17) is 4.74 Å². The van der Waals surface area contributed by atoms with E-state index in [0.29, 0.717) is 13.2 Å². The van der Waals surface area contributed by atoms with E-state index in [0.717, 1.165) is 33.2 Å². The van der Waals surface area contributed by atoms with E-state index in [9.17, 15) is 4.39 Å². The molecule has 2 heterocycles. The van der Waals surface area contributed by atoms with Crippen molar-refractivity contribution in [2.75, 3.05) is 24.6 Å². The summed E-state index contributed by atoms with van der Waals surface area (Å²) in [4.78, 5) is 6.69. The van der Waals surface area contributed by atoms with Crippen LogP contribution in [0.4, 0.5) is 10.2 Å². The van der Waals surface area contributed by atoms with Gasteiger partial charge in [0.05, 0.1) is 6.61 Å². The molecular weight excluding hydrogens is 371 g/mol. The van der Waals surface area contributed by atoms with Gasteiger partial charge < -0.3 is 9.64 Å². The van der Waals surface area contributed by atoms with Gasteiger partial charge in [0.25, 0.3) is 0 Å². The number of fused-ring (bicyclic) bond motifs is 1. The first-order valence-electron chi connectivity index (χ1n) is 7.87. The van der Waals surface area contributed by atoms with Crippen molar-refractivity contribution in [1.29, 1.82) is 0 Å². The number of hydrogen-bond acceptors (Lipinski definition) is 3. The second kappa shape index (κ2) is 6.49. The second-order valence-corrected chi connectivity index (χ2v) is 6.77. The molecule has 1 unspecified atom stereocenters. The van der Waals surface area contributed by atoms with Gasteiger partial charge in [0.1, 0.15) is 17.7 Å². The van der Waals surface area contributed by atoms with Gasteiger partial charge in [0, 0.05) is 29.1 Å². The Morgan fingerprint density at radius 1 is 1.12 bits per heavy atom. The van der Waals surface area contributed by atoms with Crippen molar-refractivity contribution in [3.8, 4) is 0 Å². The lowest BCUT2D eigenvalue weighted by Gasteiger charge is -2.34. The number of pyridine rings is 1. The molecule has 0 amide bonds. The Bertz CT molecular complexity index is 869. The first kappa shape index (κ1) is 15.5. The third-order valence-electron chi connectivity index (χ3n) is 4.31. The Morgan fingerprint density at radius 3 is 2.79 bits per heavy atom. The molecule has 0 bridgehead atoms. The van der Waals surface area contributed by atoms with E-state index in [2.05, 4.69) is 37.9 Å². The molecule has 1 fully saturated rings. The van der Waals surface area contributed by atoms with Crippen molar-refractivity contribution >= 4 is 32.5 Å². The zero-order valence-corrected chi connectivity index (χ0v) is 14.5. The highest BCUT2D eigenvalue weighted by atomic mass is 79.9. The maximum Gasteiger partial charge on any atom is 0.136 e. The van der Waals surface area contributed by atoms with E-state index >= 15 is 0 Å². The van der Waals surface area contributed by atoms with Crippen molar-refractivity contribution in [3.63, 3.8) is 0 Å². The summed E-state index contributed by atoms with van der Waals surface area (Å²) in [5.41, 5.74) is 1.13. The van der Waals surface area contributed by atoms with Crippen LogP contribution in [0.25, 0.3) is 10.8 Å². The van der Waals surface area contributed by atoms with Gasteiger partial charge in [-0.1, -0.05) is 34.1 Å². The van der Waals surface area contributed by atoms with Gasteiger partial charge in [-0.15, -0.1) is 0 Å². The van der Waals surface area contributed by atoms with Gasteiger partial charge in [-0.3, -0.25) is 0 Å². The van der Waals surface area contributed by atoms with Crippen LogP contribution < -0.4 is 4.90 Å². The fourth-order valence-electron chi connectivity index (χ4n) is 3.10. The summed E-state index contributed by atoms with van der Waals surface area (Å²) in [7, 11) is 0. The van der Waals surface area contributed by atoms with Gasteiger partial charge in [0.15, 0.2) is 0 Å². The Hall–Kier alpha value is -1.98. The van der Waals surface area contributed by atoms with Gasteiger partial charge in [-0.05, 0) is 41.3 Å². The van der Waals surface area contributed by atoms with E-state index in [-0.39, 0.29) is 11.9 Å². The van der Waals surface area contributed by atoms with Crippen LogP contribution in [0.15, 0.2) is 59.2 Å². The summed E-state index contributed by atoms with van der Waals surface area (Å²) in [6, 6.07) is 14.9. The average Bonchev–Trinajstić information content (AvgIpc) is 2.62. The summed E-state index contributed by atoms with van der Waals surface area (Å²) in [5.74, 6) is 0.576. The number of halogens is 2. The SMILES string of the molecule is Fc1ccc2ccnc(N3CCOC(c4ccc(Br)cc4)C3)c2c1. The topological polar surface area (TPSA) is 25.4 Å². The van der Waals surface area contributed by atoms with E-state index in [1.165, 1.54) is 6.07 Å². The predicted octanol–water partition coefficient (Wildman–Crippen LogP) is 4.71. The number of ether oxygens (including phenoxy) is 1. The molecule has 3 aromatic rings. The van der Waals surface area contributed by atoms with Crippen LogP contribution in [0.2, 0.25) is 0 Å². The zero-order valence-electron chi connectivity index (χ0n) is 13.0. The molecule has 1 aliphatic heterocycles. The number of nitrogens with zero attached hydrogens (tertiary/aromatic N) is 2. The normalized spacial score (nSPS) is 18.1. The lowest BCUT2D eigenvalue weighted by Crippen LogP contribution is -2.39. The second-order valence-electron chi connectivity index (χ2n) is 5.86. The summed E-state index contributed by atoms with van der Waals surface area (Å²) in [6.07, 6.45) is 1.76. The van der Waals surface area contributed by atoms with Crippen LogP contribution >= 0.6 is 15.9 Å². The van der Waals surface area contributed by atoms with Gasteiger partial charge in [-0.2, -0.15) is 0 Å². The predicted molar refractivity (Wildman–Crippen MR) is 96.7 cm³/mol. The third-order valence-corrected chi connectivity index (χ3v) is 4.84. The molecule has 4 rings (SSSR count). The minimum Gasteiger partial charge on any atom is -0.370 e. The molecule has 0 N–H and O–H groups in total. The Kier molecular flexibility index (Phi) is 4.21. The summed E-state index contributed by atoms with van der Waals surface area (Å²) < 4.78 is 20.7. The first-order chi connectivity index (χ1) is 11.7. The molecule has 0 spiro atoms. The Labute approximate surface area is 148 Å². The fourth-order valence-corrected chi connectivity index (χ4v) is 3.36. The molecule has 1 atom stereocenters.